The van der Waals surface area contributed by atoms with Gasteiger partial charge < -0.3 is 14.6 Å². The van der Waals surface area contributed by atoms with Gasteiger partial charge in [0.1, 0.15) is 11.9 Å². The first kappa shape index (κ1) is 16.6. The zero-order chi connectivity index (χ0) is 15.0. The summed E-state index contributed by atoms with van der Waals surface area (Å²) in [5.74, 6) is -1.48. The first-order chi connectivity index (χ1) is 9.60. The molecule has 0 aliphatic carbocycles. The third-order valence-electron chi connectivity index (χ3n) is 2.93. The van der Waals surface area contributed by atoms with Gasteiger partial charge in [-0.2, -0.15) is 0 Å². The minimum atomic E-state index is -1.03. The van der Waals surface area contributed by atoms with E-state index < -0.39 is 17.8 Å². The number of halogens is 1. The molecular formula is C14H20FNO4. The molecule has 0 aromatic heterocycles. The molecule has 0 aliphatic heterocycles. The molecule has 0 fully saturated rings. The summed E-state index contributed by atoms with van der Waals surface area (Å²) >= 11 is 0. The molecule has 0 amide bonds. The van der Waals surface area contributed by atoms with E-state index in [4.69, 9.17) is 9.47 Å². The molecule has 1 unspecified atom stereocenters. The molecule has 112 valence electrons. The highest BCUT2D eigenvalue weighted by molar-refractivity contribution is 5.75. The van der Waals surface area contributed by atoms with Gasteiger partial charge in [-0.05, 0) is 17.7 Å². The van der Waals surface area contributed by atoms with E-state index in [0.717, 1.165) is 0 Å². The summed E-state index contributed by atoms with van der Waals surface area (Å²) in [6, 6.07) is 4.72. The summed E-state index contributed by atoms with van der Waals surface area (Å²) in [4.78, 5) is 13.2. The van der Waals surface area contributed by atoms with Gasteiger partial charge in [0, 0.05) is 27.3 Å². The Bertz CT molecular complexity index is 419. The van der Waals surface area contributed by atoms with Crippen molar-refractivity contribution in [1.29, 1.82) is 0 Å². The predicted octanol–water partition coefficient (Wildman–Crippen LogP) is 1.55. The van der Waals surface area contributed by atoms with Gasteiger partial charge >= 0.3 is 5.97 Å². The highest BCUT2D eigenvalue weighted by Gasteiger charge is 2.27. The van der Waals surface area contributed by atoms with E-state index in [0.29, 0.717) is 31.9 Å². The van der Waals surface area contributed by atoms with Crippen LogP contribution < -0.4 is 0 Å². The molecule has 0 saturated heterocycles. The van der Waals surface area contributed by atoms with E-state index in [2.05, 4.69) is 0 Å². The first-order valence-corrected chi connectivity index (χ1v) is 6.30. The van der Waals surface area contributed by atoms with Crippen molar-refractivity contribution in [2.45, 2.75) is 6.04 Å². The van der Waals surface area contributed by atoms with Gasteiger partial charge in [-0.15, -0.1) is 0 Å². The van der Waals surface area contributed by atoms with Crippen molar-refractivity contribution in [3.05, 3.63) is 35.6 Å². The SMILES string of the molecule is COCCN(CCOC)C(C(=O)O)c1cccc(F)c1. The Balaban J connectivity index is 2.97. The van der Waals surface area contributed by atoms with Gasteiger partial charge in [0.15, 0.2) is 0 Å². The van der Waals surface area contributed by atoms with Crippen LogP contribution in [0, 0.1) is 5.82 Å². The second-order valence-corrected chi connectivity index (χ2v) is 4.32. The fraction of sp³-hybridized carbons (Fsp3) is 0.500. The van der Waals surface area contributed by atoms with E-state index in [-0.39, 0.29) is 0 Å². The number of methoxy groups -OCH3 is 2. The normalized spacial score (nSPS) is 12.6. The third kappa shape index (κ3) is 4.88. The van der Waals surface area contributed by atoms with Crippen LogP contribution in [0.25, 0.3) is 0 Å². The summed E-state index contributed by atoms with van der Waals surface area (Å²) in [5, 5.41) is 9.44. The number of ether oxygens (including phenoxy) is 2. The highest BCUT2D eigenvalue weighted by atomic mass is 19.1. The van der Waals surface area contributed by atoms with Gasteiger partial charge in [0.05, 0.1) is 13.2 Å². The van der Waals surface area contributed by atoms with Crippen molar-refractivity contribution in [3.8, 4) is 0 Å². The predicted molar refractivity (Wildman–Crippen MR) is 72.1 cm³/mol. The minimum absolute atomic E-state index is 0.392. The van der Waals surface area contributed by atoms with Crippen LogP contribution in [-0.4, -0.2) is 56.5 Å². The van der Waals surface area contributed by atoms with Crippen LogP contribution in [0.2, 0.25) is 0 Å². The van der Waals surface area contributed by atoms with E-state index in [9.17, 15) is 14.3 Å². The third-order valence-corrected chi connectivity index (χ3v) is 2.93. The maximum atomic E-state index is 13.3. The van der Waals surface area contributed by atoms with Crippen molar-refractivity contribution in [3.63, 3.8) is 0 Å². The van der Waals surface area contributed by atoms with Crippen LogP contribution in [0.1, 0.15) is 11.6 Å². The van der Waals surface area contributed by atoms with Crippen LogP contribution in [0.4, 0.5) is 4.39 Å². The van der Waals surface area contributed by atoms with Crippen molar-refractivity contribution >= 4 is 5.97 Å². The lowest BCUT2D eigenvalue weighted by molar-refractivity contribution is -0.144. The monoisotopic (exact) mass is 285 g/mol. The summed E-state index contributed by atoms with van der Waals surface area (Å²) in [6.07, 6.45) is 0. The smallest absolute Gasteiger partial charge is 0.325 e. The van der Waals surface area contributed by atoms with E-state index in [1.807, 2.05) is 0 Å². The number of nitrogens with zero attached hydrogens (tertiary/aromatic N) is 1. The van der Waals surface area contributed by atoms with Gasteiger partial charge in [-0.3, -0.25) is 9.69 Å². The van der Waals surface area contributed by atoms with Crippen molar-refractivity contribution in [2.24, 2.45) is 0 Å². The molecule has 6 heteroatoms. The fourth-order valence-electron chi connectivity index (χ4n) is 1.97. The Morgan fingerprint density at radius 3 is 2.35 bits per heavy atom. The average molecular weight is 285 g/mol. The lowest BCUT2D eigenvalue weighted by Gasteiger charge is -2.28. The second-order valence-electron chi connectivity index (χ2n) is 4.32. The van der Waals surface area contributed by atoms with E-state index in [1.165, 1.54) is 18.2 Å². The minimum Gasteiger partial charge on any atom is -0.480 e. The number of rotatable bonds is 9. The molecule has 5 nitrogen and oxygen atoms in total. The Kier molecular flexibility index (Phi) is 7.14. The molecule has 0 bridgehead atoms. The van der Waals surface area contributed by atoms with Crippen LogP contribution in [0.5, 0.6) is 0 Å². The largest absolute Gasteiger partial charge is 0.480 e. The van der Waals surface area contributed by atoms with Gasteiger partial charge in [0.25, 0.3) is 0 Å². The standard InChI is InChI=1S/C14H20FNO4/c1-19-8-6-16(7-9-20-2)13(14(17)18)11-4-3-5-12(15)10-11/h3-5,10,13H,6-9H2,1-2H3,(H,17,18). The van der Waals surface area contributed by atoms with Crippen LogP contribution in [0.3, 0.4) is 0 Å². The molecule has 1 aromatic carbocycles. The lowest BCUT2D eigenvalue weighted by Crippen LogP contribution is -2.38. The van der Waals surface area contributed by atoms with Gasteiger partial charge in [0.2, 0.25) is 0 Å². The Hall–Kier alpha value is -1.50. The summed E-state index contributed by atoms with van der Waals surface area (Å²) in [5.41, 5.74) is 0.407. The summed E-state index contributed by atoms with van der Waals surface area (Å²) in [6.45, 7) is 1.63. The van der Waals surface area contributed by atoms with Crippen molar-refractivity contribution < 1.29 is 23.8 Å². The Morgan fingerprint density at radius 2 is 1.90 bits per heavy atom. The molecule has 0 saturated carbocycles. The zero-order valence-electron chi connectivity index (χ0n) is 11.7. The molecule has 1 atom stereocenters. The topological polar surface area (TPSA) is 59.0 Å². The molecule has 0 spiro atoms. The van der Waals surface area contributed by atoms with Crippen molar-refractivity contribution in [2.75, 3.05) is 40.5 Å². The van der Waals surface area contributed by atoms with Gasteiger partial charge in [-0.1, -0.05) is 12.1 Å². The molecule has 0 heterocycles. The van der Waals surface area contributed by atoms with Gasteiger partial charge in [-0.25, -0.2) is 4.39 Å². The quantitative estimate of drug-likeness (QED) is 0.746. The molecule has 0 radical (unpaired) electrons. The zero-order valence-corrected chi connectivity index (χ0v) is 11.7. The maximum absolute atomic E-state index is 13.3. The molecular weight excluding hydrogens is 265 g/mol. The fourth-order valence-corrected chi connectivity index (χ4v) is 1.97. The van der Waals surface area contributed by atoms with Crippen molar-refractivity contribution in [1.82, 2.24) is 4.90 Å². The number of hydrogen-bond donors (Lipinski definition) is 1. The van der Waals surface area contributed by atoms with E-state index >= 15 is 0 Å². The van der Waals surface area contributed by atoms with Crippen LogP contribution in [-0.2, 0) is 14.3 Å². The highest BCUT2D eigenvalue weighted by Crippen LogP contribution is 2.21. The number of carboxylic acid groups (broad SMARTS) is 1. The first-order valence-electron chi connectivity index (χ1n) is 6.30. The maximum Gasteiger partial charge on any atom is 0.325 e. The Labute approximate surface area is 117 Å². The molecule has 0 aliphatic rings. The van der Waals surface area contributed by atoms with E-state index in [1.54, 1.807) is 25.2 Å². The molecule has 1 aromatic rings. The number of carboxylic acids is 1. The second kappa shape index (κ2) is 8.63. The molecule has 20 heavy (non-hydrogen) atoms. The average Bonchev–Trinajstić information content (AvgIpc) is 2.41. The van der Waals surface area contributed by atoms with Crippen LogP contribution >= 0.6 is 0 Å². The summed E-state index contributed by atoms with van der Waals surface area (Å²) < 4.78 is 23.3. The number of hydrogen-bond acceptors (Lipinski definition) is 4. The Morgan fingerprint density at radius 1 is 1.30 bits per heavy atom. The van der Waals surface area contributed by atoms with Crippen LogP contribution in [0.15, 0.2) is 24.3 Å². The number of benzene rings is 1. The summed E-state index contributed by atoms with van der Waals surface area (Å²) in [7, 11) is 3.10. The molecule has 1 rings (SSSR count). The number of aliphatic carboxylic acids is 1. The number of carbonyl (C=O) groups is 1. The lowest BCUT2D eigenvalue weighted by atomic mass is 10.1. The molecule has 1 N–H and O–H groups in total.